The molecular weight excluding hydrogens is 477 g/mol. The van der Waals surface area contributed by atoms with Crippen molar-refractivity contribution in [3.63, 3.8) is 0 Å². The average Bonchev–Trinajstić information content (AvgIpc) is 3.43. The van der Waals surface area contributed by atoms with Crippen molar-refractivity contribution in [3.05, 3.63) is 27.0 Å². The van der Waals surface area contributed by atoms with Gasteiger partial charge < -0.3 is 29.7 Å². The predicted molar refractivity (Wildman–Crippen MR) is 131 cm³/mol. The number of thiophene rings is 1. The van der Waals surface area contributed by atoms with Gasteiger partial charge in [-0.25, -0.2) is 9.18 Å². The third-order valence-electron chi connectivity index (χ3n) is 6.85. The van der Waals surface area contributed by atoms with Crippen LogP contribution in [0.1, 0.15) is 48.3 Å². The molecule has 1 amide bonds. The molecule has 1 aliphatic carbocycles. The first kappa shape index (κ1) is 23.4. The molecule has 1 saturated heterocycles. The van der Waals surface area contributed by atoms with Crippen molar-refractivity contribution in [1.29, 1.82) is 0 Å². The number of aromatic nitrogens is 1. The Kier molecular flexibility index (Phi) is 5.82. The van der Waals surface area contributed by atoms with Gasteiger partial charge in [-0.05, 0) is 37.7 Å². The van der Waals surface area contributed by atoms with E-state index in [2.05, 4.69) is 5.32 Å². The van der Waals surface area contributed by atoms with Crippen LogP contribution in [0.5, 0.6) is 11.5 Å². The Bertz CT molecular complexity index is 1430. The fourth-order valence-electron chi connectivity index (χ4n) is 5.10. The summed E-state index contributed by atoms with van der Waals surface area (Å²) < 4.78 is 23.3. The number of amides is 1. The lowest BCUT2D eigenvalue weighted by atomic mass is 10.1. The number of pyridine rings is 1. The molecule has 1 aromatic carbocycles. The van der Waals surface area contributed by atoms with Crippen molar-refractivity contribution in [2.45, 2.75) is 38.6 Å². The quantitative estimate of drug-likeness (QED) is 0.415. The first-order valence-electron chi connectivity index (χ1n) is 11.6. The minimum absolute atomic E-state index is 0.0426. The molecule has 9 nitrogen and oxygen atoms in total. The molecule has 1 saturated carbocycles. The molecule has 2 fully saturated rings. The number of fused-ring (bicyclic) bond motifs is 2. The summed E-state index contributed by atoms with van der Waals surface area (Å²) in [7, 11) is 1.45. The molecule has 5 rings (SSSR count). The molecule has 186 valence electrons. The highest BCUT2D eigenvalue weighted by Crippen LogP contribution is 2.49. The molecule has 3 N–H and O–H groups in total. The molecule has 2 aliphatic rings. The van der Waals surface area contributed by atoms with Crippen molar-refractivity contribution in [2.24, 2.45) is 5.92 Å². The summed E-state index contributed by atoms with van der Waals surface area (Å²) in [6, 6.07) is 1.26. The summed E-state index contributed by atoms with van der Waals surface area (Å²) in [4.78, 5) is 38.8. The van der Waals surface area contributed by atoms with Crippen LogP contribution >= 0.6 is 11.3 Å². The Hall–Kier alpha value is -3.34. The van der Waals surface area contributed by atoms with Crippen LogP contribution in [0.3, 0.4) is 0 Å². The highest BCUT2D eigenvalue weighted by Gasteiger charge is 2.35. The molecule has 3 heterocycles. The van der Waals surface area contributed by atoms with Crippen LogP contribution in [0.2, 0.25) is 0 Å². The maximum Gasteiger partial charge on any atom is 0.404 e. The zero-order valence-electron chi connectivity index (χ0n) is 19.4. The Morgan fingerprint density at radius 3 is 2.69 bits per heavy atom. The molecule has 0 bridgehead atoms. The van der Waals surface area contributed by atoms with Gasteiger partial charge in [-0.2, -0.15) is 0 Å². The largest absolute Gasteiger partial charge is 0.505 e. The number of nitrogens with one attached hydrogen (secondary N) is 1. The molecule has 0 spiro atoms. The van der Waals surface area contributed by atoms with Crippen molar-refractivity contribution in [3.8, 4) is 11.5 Å². The van der Waals surface area contributed by atoms with Gasteiger partial charge in [-0.1, -0.05) is 0 Å². The van der Waals surface area contributed by atoms with Crippen LogP contribution in [0.25, 0.3) is 21.1 Å². The number of hydrogen-bond acceptors (Lipinski definition) is 7. The summed E-state index contributed by atoms with van der Waals surface area (Å²) >= 11 is 1.07. The van der Waals surface area contributed by atoms with Crippen molar-refractivity contribution in [2.75, 3.05) is 31.6 Å². The Morgan fingerprint density at radius 1 is 1.31 bits per heavy atom. The van der Waals surface area contributed by atoms with Gasteiger partial charge >= 0.3 is 6.09 Å². The van der Waals surface area contributed by atoms with Gasteiger partial charge in [0, 0.05) is 32.6 Å². The van der Waals surface area contributed by atoms with Crippen LogP contribution in [0, 0.1) is 11.7 Å². The van der Waals surface area contributed by atoms with E-state index in [1.54, 1.807) is 0 Å². The second-order valence-corrected chi connectivity index (χ2v) is 10.2. The molecule has 11 heteroatoms. The van der Waals surface area contributed by atoms with Crippen molar-refractivity contribution < 1.29 is 28.9 Å². The highest BCUT2D eigenvalue weighted by molar-refractivity contribution is 7.21. The highest BCUT2D eigenvalue weighted by atomic mass is 32.1. The standard InChI is InChI=1S/C24H26FN3O6S/c1-11(29)22-20(31)16-19(30)14-9-15(25)18(27-8-6-12(10-27)5-7-26-24(32)33)21(34-2)17(14)28(13-3-4-13)23(16)35-22/h9,12-13,26,31H,3-8,10H2,1-2H3,(H,32,33)/t12-/m1/s1. The molecule has 2 aromatic heterocycles. The van der Waals surface area contributed by atoms with E-state index in [0.29, 0.717) is 36.4 Å². The first-order valence-corrected chi connectivity index (χ1v) is 12.4. The number of carbonyl (C=O) groups excluding carboxylic acids is 1. The minimum Gasteiger partial charge on any atom is -0.505 e. The van der Waals surface area contributed by atoms with E-state index >= 15 is 4.39 Å². The van der Waals surface area contributed by atoms with Gasteiger partial charge in [0.25, 0.3) is 0 Å². The number of carbonyl (C=O) groups is 2. The fourth-order valence-corrected chi connectivity index (χ4v) is 6.27. The first-order chi connectivity index (χ1) is 16.7. The van der Waals surface area contributed by atoms with Gasteiger partial charge in [0.15, 0.2) is 23.1 Å². The van der Waals surface area contributed by atoms with E-state index < -0.39 is 17.3 Å². The summed E-state index contributed by atoms with van der Waals surface area (Å²) in [5, 5.41) is 22.0. The SMILES string of the molecule is COc1c(N2CC[C@@H](CCNC(=O)O)C2)c(F)cc2c(=O)c3c(O)c(C(C)=O)sc3n(C3CC3)c12. The summed E-state index contributed by atoms with van der Waals surface area (Å²) in [5.74, 6) is -0.845. The number of hydrogen-bond donors (Lipinski definition) is 3. The van der Waals surface area contributed by atoms with E-state index in [4.69, 9.17) is 9.84 Å². The molecule has 1 aliphatic heterocycles. The number of nitrogens with zero attached hydrogens (tertiary/aromatic N) is 2. The van der Waals surface area contributed by atoms with Crippen LogP contribution in [-0.2, 0) is 0 Å². The third kappa shape index (κ3) is 3.87. The number of aromatic hydroxyl groups is 1. The van der Waals surface area contributed by atoms with E-state index in [1.165, 1.54) is 20.1 Å². The fraction of sp³-hybridized carbons (Fsp3) is 0.458. The third-order valence-corrected chi connectivity index (χ3v) is 8.12. The number of carboxylic acid groups (broad SMARTS) is 1. The molecule has 35 heavy (non-hydrogen) atoms. The molecular formula is C24H26FN3O6S. The maximum atomic E-state index is 15.6. The lowest BCUT2D eigenvalue weighted by Gasteiger charge is -2.25. The van der Waals surface area contributed by atoms with Gasteiger partial charge in [0.1, 0.15) is 20.8 Å². The molecule has 0 radical (unpaired) electrons. The number of halogens is 1. The Morgan fingerprint density at radius 2 is 2.06 bits per heavy atom. The number of ketones is 1. The summed E-state index contributed by atoms with van der Waals surface area (Å²) in [6.45, 7) is 2.76. The Balaban J connectivity index is 1.68. The average molecular weight is 504 g/mol. The zero-order chi connectivity index (χ0) is 25.0. The van der Waals surface area contributed by atoms with Crippen LogP contribution in [0.15, 0.2) is 10.9 Å². The molecule has 0 unspecified atom stereocenters. The molecule has 1 atom stereocenters. The van der Waals surface area contributed by atoms with Crippen molar-refractivity contribution >= 4 is 50.0 Å². The number of ether oxygens (including phenoxy) is 1. The monoisotopic (exact) mass is 503 g/mol. The summed E-state index contributed by atoms with van der Waals surface area (Å²) in [6.07, 6.45) is 2.06. The topological polar surface area (TPSA) is 121 Å². The van der Waals surface area contributed by atoms with E-state index in [1.807, 2.05) is 9.47 Å². The Labute approximate surface area is 203 Å². The number of benzene rings is 1. The van der Waals surface area contributed by atoms with Crippen LogP contribution in [0.4, 0.5) is 14.9 Å². The number of anilines is 1. The van der Waals surface area contributed by atoms with Crippen LogP contribution in [-0.4, -0.2) is 53.4 Å². The van der Waals surface area contributed by atoms with E-state index in [0.717, 1.165) is 30.6 Å². The second kappa shape index (κ2) is 8.71. The maximum absolute atomic E-state index is 15.6. The summed E-state index contributed by atoms with van der Waals surface area (Å²) in [5.41, 5.74) is 0.210. The number of rotatable bonds is 7. The van der Waals surface area contributed by atoms with Gasteiger partial charge in [0.2, 0.25) is 5.43 Å². The van der Waals surface area contributed by atoms with E-state index in [-0.39, 0.29) is 50.6 Å². The predicted octanol–water partition coefficient (Wildman–Crippen LogP) is 4.09. The molecule has 3 aromatic rings. The lowest BCUT2D eigenvalue weighted by molar-refractivity contribution is 0.101. The zero-order valence-corrected chi connectivity index (χ0v) is 20.2. The van der Waals surface area contributed by atoms with Gasteiger partial charge in [-0.3, -0.25) is 9.59 Å². The van der Waals surface area contributed by atoms with Gasteiger partial charge in [0.05, 0.1) is 18.0 Å². The minimum atomic E-state index is -1.07. The van der Waals surface area contributed by atoms with Gasteiger partial charge in [-0.15, -0.1) is 11.3 Å². The normalized spacial score (nSPS) is 17.9. The number of methoxy groups -OCH3 is 1. The smallest absolute Gasteiger partial charge is 0.404 e. The van der Waals surface area contributed by atoms with Crippen LogP contribution < -0.4 is 20.4 Å². The van der Waals surface area contributed by atoms with E-state index in [9.17, 15) is 19.5 Å². The van der Waals surface area contributed by atoms with Crippen molar-refractivity contribution in [1.82, 2.24) is 9.88 Å². The number of Topliss-reactive ketones (excluding diaryl/α,β-unsaturated/α-hetero) is 1. The second-order valence-electron chi connectivity index (χ2n) is 9.20. The lowest BCUT2D eigenvalue weighted by Crippen LogP contribution is -2.26.